The Bertz CT molecular complexity index is 3560. The van der Waals surface area contributed by atoms with Gasteiger partial charge < -0.3 is 53.6 Å². The third-order valence-corrected chi connectivity index (χ3v) is 21.2. The van der Waals surface area contributed by atoms with Crippen molar-refractivity contribution in [3.8, 4) is 17.2 Å². The molecule has 0 saturated heterocycles. The van der Waals surface area contributed by atoms with Crippen molar-refractivity contribution in [2.75, 3.05) is 150 Å². The van der Waals surface area contributed by atoms with Gasteiger partial charge in [-0.2, -0.15) is 12.9 Å². The van der Waals surface area contributed by atoms with Crippen LogP contribution in [0.3, 0.4) is 0 Å². The maximum atomic E-state index is 13.0. The molecule has 6 aromatic carbocycles. The van der Waals surface area contributed by atoms with E-state index in [2.05, 4.69) is 45.7 Å². The number of methoxy groups -OCH3 is 3. The third kappa shape index (κ3) is 28.3. The lowest BCUT2D eigenvalue weighted by Crippen LogP contribution is -2.31. The number of ether oxygens (including phenoxy) is 7. The highest BCUT2D eigenvalue weighted by atomic mass is 32.2. The molecule has 0 aromatic heterocycles. The van der Waals surface area contributed by atoms with Crippen LogP contribution < -0.4 is 19.9 Å². The number of nitrogens with two attached hydrogens (primary N) is 1. The topological polar surface area (TPSA) is 264 Å². The second-order valence-corrected chi connectivity index (χ2v) is 30.1. The first-order valence-electron chi connectivity index (χ1n) is 31.2. The van der Waals surface area contributed by atoms with Crippen LogP contribution in [0.25, 0.3) is 0 Å². The molecular weight excluding hydrogens is 1300 g/mol. The summed E-state index contributed by atoms with van der Waals surface area (Å²) in [6.45, 7) is 13.9. The van der Waals surface area contributed by atoms with E-state index in [-0.39, 0.29) is 92.2 Å². The van der Waals surface area contributed by atoms with Crippen LogP contribution in [0.15, 0.2) is 124 Å². The van der Waals surface area contributed by atoms with Gasteiger partial charge in [-0.25, -0.2) is 25.3 Å². The second-order valence-electron chi connectivity index (χ2n) is 24.2. The average molecular weight is 1410 g/mol. The number of carbonyl (C=O) groups excluding carboxylic acids is 3. The lowest BCUT2D eigenvalue weighted by atomic mass is 10.1. The van der Waals surface area contributed by atoms with E-state index in [1.54, 1.807) is 92.2 Å². The molecule has 0 heterocycles. The standard InChI is InChI=1S/2C24H34N2O5S.C14H21NO6S.C9H14N2/c2*1-18-13-23(30-6)14-19(2)24(18)32(28,29)26(5)11-12-31-17-22(27)15-20-7-9-21(10-8-20)16-25(3)4;1-11-7-13(19-4)8-12(2)14(11)22(17,18)15(3)5-6-20-10-21-9-16;1-11(2)7-8-3-5-9(10)6-4-8/h2*7-10,13-14H,11-12,15-17H2,1-6H3;7-9H,5-6,10H2,1-4H3;3-6H,7,10H2,1-2H3. The fourth-order valence-corrected chi connectivity index (χ4v) is 14.7. The number of nitrogens with zero attached hydrogens (tertiary/aromatic N) is 6. The highest BCUT2D eigenvalue weighted by molar-refractivity contribution is 7.89. The van der Waals surface area contributed by atoms with Crippen molar-refractivity contribution < 1.29 is 72.8 Å². The summed E-state index contributed by atoms with van der Waals surface area (Å²) in [5, 5.41) is 0. The van der Waals surface area contributed by atoms with Gasteiger partial charge in [0.25, 0.3) is 6.47 Å². The van der Waals surface area contributed by atoms with Crippen LogP contribution in [-0.2, 0) is 95.9 Å². The van der Waals surface area contributed by atoms with Gasteiger partial charge in [0.15, 0.2) is 18.4 Å². The Labute approximate surface area is 577 Å². The second kappa shape index (κ2) is 41.3. The first-order valence-corrected chi connectivity index (χ1v) is 35.5. The number of ketones is 2. The van der Waals surface area contributed by atoms with Crippen LogP contribution in [-0.4, -0.2) is 215 Å². The van der Waals surface area contributed by atoms with Gasteiger partial charge in [-0.1, -0.05) is 60.7 Å². The van der Waals surface area contributed by atoms with Gasteiger partial charge in [0.2, 0.25) is 30.1 Å². The van der Waals surface area contributed by atoms with Crippen molar-refractivity contribution in [1.29, 1.82) is 0 Å². The molecule has 0 aliphatic heterocycles. The number of likely N-dealkylation sites (N-methyl/N-ethyl adjacent to an activating group) is 3. The molecule has 0 spiro atoms. The van der Waals surface area contributed by atoms with Crippen LogP contribution in [0, 0.1) is 41.5 Å². The minimum absolute atomic E-state index is 0.0438. The average Bonchev–Trinajstić information content (AvgIpc) is 0.802. The summed E-state index contributed by atoms with van der Waals surface area (Å²) in [7, 11) is 10.3. The van der Waals surface area contributed by atoms with E-state index >= 15 is 0 Å². The van der Waals surface area contributed by atoms with Gasteiger partial charge in [0.05, 0.1) is 55.8 Å². The number of aryl methyl sites for hydroxylation is 6. The minimum atomic E-state index is -3.68. The van der Waals surface area contributed by atoms with Gasteiger partial charge >= 0.3 is 0 Å². The van der Waals surface area contributed by atoms with Crippen LogP contribution in [0.2, 0.25) is 0 Å². The molecule has 2 N–H and O–H groups in total. The van der Waals surface area contributed by atoms with Crippen molar-refractivity contribution >= 4 is 53.8 Å². The number of benzene rings is 6. The number of nitrogen functional groups attached to an aromatic ring is 1. The summed E-state index contributed by atoms with van der Waals surface area (Å²) >= 11 is 0. The number of rotatable bonds is 35. The molecule has 26 heteroatoms. The highest BCUT2D eigenvalue weighted by Crippen LogP contribution is 2.30. The first kappa shape index (κ1) is 84.0. The van der Waals surface area contributed by atoms with E-state index in [0.29, 0.717) is 63.5 Å². The maximum Gasteiger partial charge on any atom is 0.295 e. The number of hydrogen-bond acceptors (Lipinski definition) is 20. The predicted octanol–water partition coefficient (Wildman–Crippen LogP) is 8.06. The Morgan fingerprint density at radius 1 is 0.402 bits per heavy atom. The zero-order valence-electron chi connectivity index (χ0n) is 59.9. The molecule has 0 fully saturated rings. The molecule has 6 aromatic rings. The van der Waals surface area contributed by atoms with Gasteiger partial charge in [-0.05, 0) is 194 Å². The largest absolute Gasteiger partial charge is 0.497 e. The van der Waals surface area contributed by atoms with Crippen LogP contribution in [0.1, 0.15) is 61.2 Å². The number of Topliss-reactive ketones (excluding diaryl/α,β-unsaturated/α-hetero) is 2. The summed E-state index contributed by atoms with van der Waals surface area (Å²) < 4.78 is 117. The number of sulfonamides is 3. The first-order chi connectivity index (χ1) is 45.6. The molecule has 0 radical (unpaired) electrons. The summed E-state index contributed by atoms with van der Waals surface area (Å²) in [4.78, 5) is 41.5. The summed E-state index contributed by atoms with van der Waals surface area (Å²) in [5.41, 5.74) is 15.7. The van der Waals surface area contributed by atoms with Gasteiger partial charge in [-0.3, -0.25) is 14.4 Å². The highest BCUT2D eigenvalue weighted by Gasteiger charge is 2.28. The normalized spacial score (nSPS) is 11.6. The van der Waals surface area contributed by atoms with Gasteiger partial charge in [-0.15, -0.1) is 0 Å². The van der Waals surface area contributed by atoms with Crippen LogP contribution in [0.5, 0.6) is 17.2 Å². The smallest absolute Gasteiger partial charge is 0.295 e. The van der Waals surface area contributed by atoms with Crippen molar-refractivity contribution in [1.82, 2.24) is 27.6 Å². The van der Waals surface area contributed by atoms with E-state index < -0.39 is 30.1 Å². The number of hydrogen-bond donors (Lipinski definition) is 1. The lowest BCUT2D eigenvalue weighted by molar-refractivity contribution is -0.140. The quantitative estimate of drug-likeness (QED) is 0.0171. The summed E-state index contributed by atoms with van der Waals surface area (Å²) in [6, 6.07) is 34.0. The molecule has 23 nitrogen and oxygen atoms in total. The molecular formula is C71H103N7O16S3. The van der Waals surface area contributed by atoms with Crippen molar-refractivity contribution in [2.24, 2.45) is 0 Å². The van der Waals surface area contributed by atoms with E-state index in [4.69, 9.17) is 34.2 Å². The van der Waals surface area contributed by atoms with Crippen LogP contribution >= 0.6 is 0 Å². The Morgan fingerprint density at radius 3 is 0.897 bits per heavy atom. The van der Waals surface area contributed by atoms with Gasteiger partial charge in [0, 0.05) is 78.9 Å². The van der Waals surface area contributed by atoms with Crippen molar-refractivity contribution in [3.63, 3.8) is 0 Å². The Balaban J connectivity index is 0.000000356. The lowest BCUT2D eigenvalue weighted by Gasteiger charge is -2.20. The molecule has 0 amide bonds. The predicted molar refractivity (Wildman–Crippen MR) is 380 cm³/mol. The van der Waals surface area contributed by atoms with E-state index in [0.717, 1.165) is 36.4 Å². The molecule has 0 bridgehead atoms. The minimum Gasteiger partial charge on any atom is -0.497 e. The summed E-state index contributed by atoms with van der Waals surface area (Å²) in [6.07, 6.45) is 0.585. The van der Waals surface area contributed by atoms with Crippen LogP contribution in [0.4, 0.5) is 5.69 Å². The SMILES string of the molecule is CN(C)Cc1ccc(N)cc1.COc1cc(C)c(S(=O)(=O)N(C)CCOCC(=O)Cc2ccc(CN(C)C)cc2)c(C)c1.COc1cc(C)c(S(=O)(=O)N(C)CCOCC(=O)Cc2ccc(CN(C)C)cc2)c(C)c1.COc1cc(C)c(S(=O)(=O)N(C)CCOCOC=O)c(C)c1. The molecule has 97 heavy (non-hydrogen) atoms. The molecule has 0 atom stereocenters. The zero-order chi connectivity index (χ0) is 72.8. The molecule has 0 aliphatic rings. The molecule has 0 saturated carbocycles. The monoisotopic (exact) mass is 1410 g/mol. The Morgan fingerprint density at radius 2 is 0.649 bits per heavy atom. The zero-order valence-corrected chi connectivity index (χ0v) is 62.3. The van der Waals surface area contributed by atoms with Crippen molar-refractivity contribution in [3.05, 3.63) is 170 Å². The van der Waals surface area contributed by atoms with E-state index in [9.17, 15) is 39.6 Å². The molecule has 0 unspecified atom stereocenters. The Hall–Kier alpha value is -7.18. The van der Waals surface area contributed by atoms with Crippen molar-refractivity contribution in [2.45, 2.75) is 88.7 Å². The Kier molecular flexibility index (Phi) is 35.8. The van der Waals surface area contributed by atoms with E-state index in [1.807, 2.05) is 88.9 Å². The summed E-state index contributed by atoms with van der Waals surface area (Å²) in [5.74, 6) is 1.77. The van der Waals surface area contributed by atoms with Gasteiger partial charge in [0.1, 0.15) is 30.5 Å². The number of anilines is 1. The molecule has 536 valence electrons. The molecule has 0 aliphatic carbocycles. The van der Waals surface area contributed by atoms with E-state index in [1.165, 1.54) is 57.9 Å². The number of carbonyl (C=O) groups is 3. The third-order valence-electron chi connectivity index (χ3n) is 14.7. The fourth-order valence-electron chi connectivity index (χ4n) is 10.0. The maximum absolute atomic E-state index is 13.0. The fraction of sp³-hybridized carbons (Fsp3) is 0.451. The molecule has 6 rings (SSSR count).